The molecule has 1 saturated carbocycles. The fourth-order valence-corrected chi connectivity index (χ4v) is 4.16. The predicted octanol–water partition coefficient (Wildman–Crippen LogP) is 3.03. The van der Waals surface area contributed by atoms with Crippen LogP contribution in [0.5, 0.6) is 0 Å². The Hall–Kier alpha value is 0.0200. The van der Waals surface area contributed by atoms with E-state index in [4.69, 9.17) is 0 Å². The molecule has 2 rings (SSSR count). The average molecular weight is 198 g/mol. The van der Waals surface area contributed by atoms with Gasteiger partial charge in [0.05, 0.1) is 0 Å². The van der Waals surface area contributed by atoms with Crippen molar-refractivity contribution < 1.29 is 4.79 Å². The van der Waals surface area contributed by atoms with Gasteiger partial charge in [-0.3, -0.25) is 0 Å². The van der Waals surface area contributed by atoms with Gasteiger partial charge in [0.1, 0.15) is 6.29 Å². The third kappa shape index (κ3) is 2.09. The second-order valence-electron chi connectivity index (χ2n) is 4.53. The van der Waals surface area contributed by atoms with Crippen LogP contribution in [0.15, 0.2) is 0 Å². The van der Waals surface area contributed by atoms with Crippen molar-refractivity contribution in [3.8, 4) is 0 Å². The minimum absolute atomic E-state index is 0.0992. The Morgan fingerprint density at radius 3 is 2.62 bits per heavy atom. The summed E-state index contributed by atoms with van der Waals surface area (Å²) in [5.41, 5.74) is 0.0992. The monoisotopic (exact) mass is 198 g/mol. The zero-order chi connectivity index (χ0) is 9.15. The molecule has 0 bridgehead atoms. The molecule has 2 heteroatoms. The van der Waals surface area contributed by atoms with Crippen LogP contribution in [-0.2, 0) is 4.79 Å². The summed E-state index contributed by atoms with van der Waals surface area (Å²) in [6.45, 7) is 0. The Labute approximate surface area is 84.7 Å². The van der Waals surface area contributed by atoms with Gasteiger partial charge in [0.2, 0.25) is 0 Å². The van der Waals surface area contributed by atoms with Crippen molar-refractivity contribution in [3.63, 3.8) is 0 Å². The van der Waals surface area contributed by atoms with Gasteiger partial charge in [-0.1, -0.05) is 12.8 Å². The van der Waals surface area contributed by atoms with Gasteiger partial charge >= 0.3 is 0 Å². The van der Waals surface area contributed by atoms with Crippen LogP contribution in [0.2, 0.25) is 0 Å². The Morgan fingerprint density at radius 1 is 1.31 bits per heavy atom. The highest BCUT2D eigenvalue weighted by molar-refractivity contribution is 8.00. The first-order chi connectivity index (χ1) is 6.35. The minimum Gasteiger partial charge on any atom is -0.303 e. The molecule has 2 fully saturated rings. The maximum atomic E-state index is 11.1. The van der Waals surface area contributed by atoms with Crippen LogP contribution < -0.4 is 0 Å². The van der Waals surface area contributed by atoms with Gasteiger partial charge in [-0.2, -0.15) is 11.8 Å². The molecule has 0 radical (unpaired) electrons. The molecule has 1 unspecified atom stereocenters. The van der Waals surface area contributed by atoms with Crippen LogP contribution in [0.4, 0.5) is 0 Å². The van der Waals surface area contributed by atoms with Crippen LogP contribution in [-0.4, -0.2) is 17.3 Å². The molecule has 74 valence electrons. The van der Waals surface area contributed by atoms with Crippen molar-refractivity contribution >= 4 is 18.0 Å². The summed E-state index contributed by atoms with van der Waals surface area (Å²) < 4.78 is 0. The van der Waals surface area contributed by atoms with Crippen molar-refractivity contribution in [1.82, 2.24) is 0 Å². The summed E-state index contributed by atoms with van der Waals surface area (Å²) in [6, 6.07) is 0. The van der Waals surface area contributed by atoms with Gasteiger partial charge in [-0.15, -0.1) is 0 Å². The summed E-state index contributed by atoms with van der Waals surface area (Å²) in [4.78, 5) is 11.1. The lowest BCUT2D eigenvalue weighted by molar-refractivity contribution is -0.116. The Kier molecular flexibility index (Phi) is 2.97. The number of aldehydes is 1. The molecule has 0 N–H and O–H groups in total. The first kappa shape index (κ1) is 9.57. The Bertz CT molecular complexity index is 179. The number of hydrogen-bond acceptors (Lipinski definition) is 2. The molecule has 13 heavy (non-hydrogen) atoms. The molecular formula is C11H18OS. The molecule has 1 heterocycles. The van der Waals surface area contributed by atoms with E-state index in [2.05, 4.69) is 11.8 Å². The van der Waals surface area contributed by atoms with Gasteiger partial charge in [0.25, 0.3) is 0 Å². The lowest BCUT2D eigenvalue weighted by Crippen LogP contribution is -2.22. The highest BCUT2D eigenvalue weighted by Crippen LogP contribution is 2.44. The van der Waals surface area contributed by atoms with Gasteiger partial charge in [0.15, 0.2) is 0 Å². The molecule has 0 amide bonds. The smallest absolute Gasteiger partial charge is 0.126 e. The maximum Gasteiger partial charge on any atom is 0.126 e. The van der Waals surface area contributed by atoms with E-state index in [1.165, 1.54) is 44.1 Å². The van der Waals surface area contributed by atoms with E-state index in [9.17, 15) is 4.79 Å². The third-order valence-corrected chi connectivity index (χ3v) is 4.91. The van der Waals surface area contributed by atoms with E-state index in [1.807, 2.05) is 0 Å². The second-order valence-corrected chi connectivity index (χ2v) is 5.93. The van der Waals surface area contributed by atoms with Crippen molar-refractivity contribution in [2.75, 3.05) is 5.75 Å². The van der Waals surface area contributed by atoms with Crippen LogP contribution in [0, 0.1) is 5.41 Å². The summed E-state index contributed by atoms with van der Waals surface area (Å²) in [5, 5.41) is 0.795. The van der Waals surface area contributed by atoms with E-state index in [-0.39, 0.29) is 5.41 Å². The third-order valence-electron chi connectivity index (χ3n) is 3.51. The second kappa shape index (κ2) is 4.04. The predicted molar refractivity (Wildman–Crippen MR) is 57.1 cm³/mol. The molecule has 1 aliphatic heterocycles. The molecular weight excluding hydrogens is 180 g/mol. The zero-order valence-electron chi connectivity index (χ0n) is 8.13. The molecule has 1 nitrogen and oxygen atoms in total. The highest BCUT2D eigenvalue weighted by atomic mass is 32.2. The zero-order valence-corrected chi connectivity index (χ0v) is 8.94. The highest BCUT2D eigenvalue weighted by Gasteiger charge is 2.36. The standard InChI is InChI=1S/C11H18OS/c12-9-11(5-1-2-6-11)8-10-4-3-7-13-10/h9-10H,1-8H2. The first-order valence-electron chi connectivity index (χ1n) is 5.43. The number of hydrogen-bond donors (Lipinski definition) is 0. The van der Waals surface area contributed by atoms with E-state index in [1.54, 1.807) is 0 Å². The number of carbonyl (C=O) groups excluding carboxylic acids is 1. The van der Waals surface area contributed by atoms with Crippen LogP contribution in [0.1, 0.15) is 44.9 Å². The lowest BCUT2D eigenvalue weighted by Gasteiger charge is -2.24. The van der Waals surface area contributed by atoms with Gasteiger partial charge in [-0.25, -0.2) is 0 Å². The summed E-state index contributed by atoms with van der Waals surface area (Å²) >= 11 is 2.08. The van der Waals surface area contributed by atoms with Crippen molar-refractivity contribution in [2.45, 2.75) is 50.2 Å². The Morgan fingerprint density at radius 2 is 2.08 bits per heavy atom. The van der Waals surface area contributed by atoms with Crippen LogP contribution >= 0.6 is 11.8 Å². The van der Waals surface area contributed by atoms with Gasteiger partial charge < -0.3 is 4.79 Å². The maximum absolute atomic E-state index is 11.1. The lowest BCUT2D eigenvalue weighted by atomic mass is 9.82. The van der Waals surface area contributed by atoms with Crippen molar-refractivity contribution in [1.29, 1.82) is 0 Å². The topological polar surface area (TPSA) is 17.1 Å². The van der Waals surface area contributed by atoms with E-state index >= 15 is 0 Å². The first-order valence-corrected chi connectivity index (χ1v) is 6.47. The van der Waals surface area contributed by atoms with Crippen molar-refractivity contribution in [2.24, 2.45) is 5.41 Å². The van der Waals surface area contributed by atoms with E-state index in [0.29, 0.717) is 0 Å². The van der Waals surface area contributed by atoms with Gasteiger partial charge in [-0.05, 0) is 37.9 Å². The molecule has 0 aromatic carbocycles. The molecule has 1 saturated heterocycles. The minimum atomic E-state index is 0.0992. The van der Waals surface area contributed by atoms with Crippen molar-refractivity contribution in [3.05, 3.63) is 0 Å². The fourth-order valence-electron chi connectivity index (χ4n) is 2.71. The van der Waals surface area contributed by atoms with E-state index < -0.39 is 0 Å². The number of carbonyl (C=O) groups is 1. The quantitative estimate of drug-likeness (QED) is 0.648. The molecule has 1 atom stereocenters. The fraction of sp³-hybridized carbons (Fsp3) is 0.909. The summed E-state index contributed by atoms with van der Waals surface area (Å²) in [7, 11) is 0. The van der Waals surface area contributed by atoms with E-state index in [0.717, 1.165) is 18.1 Å². The van der Waals surface area contributed by atoms with Crippen LogP contribution in [0.25, 0.3) is 0 Å². The SMILES string of the molecule is O=CC1(CC2CCCS2)CCCC1. The van der Waals surface area contributed by atoms with Gasteiger partial charge in [0, 0.05) is 10.7 Å². The average Bonchev–Trinajstić information content (AvgIpc) is 2.77. The molecule has 2 aliphatic rings. The van der Waals surface area contributed by atoms with Crippen LogP contribution in [0.3, 0.4) is 0 Å². The Balaban J connectivity index is 1.92. The normalized spacial score (nSPS) is 32.2. The summed E-state index contributed by atoms with van der Waals surface area (Å²) in [6.07, 6.45) is 10.0. The molecule has 0 aromatic heterocycles. The molecule has 1 aliphatic carbocycles. The molecule has 0 aromatic rings. The number of rotatable bonds is 3. The number of thioether (sulfide) groups is 1. The largest absolute Gasteiger partial charge is 0.303 e. The molecule has 0 spiro atoms. The summed E-state index contributed by atoms with van der Waals surface area (Å²) in [5.74, 6) is 1.32.